The molecule has 3 rings (SSSR count). The number of aromatic nitrogens is 2. The van der Waals surface area contributed by atoms with E-state index in [2.05, 4.69) is 64.0 Å². The molecule has 0 unspecified atom stereocenters. The maximum absolute atomic E-state index is 12.2. The Morgan fingerprint density at radius 3 is 2.15 bits per heavy atom. The maximum atomic E-state index is 12.2. The first-order valence-corrected chi connectivity index (χ1v) is 11.7. The van der Waals surface area contributed by atoms with Gasteiger partial charge in [-0.15, -0.1) is 10.2 Å². The standard InChI is InChI=1S/C20H21N3OS3/c1-25-19-22-23-20(27-19)26-14-18(24)21-13-12-17(15-8-4-2-5-9-15)16-10-6-3-7-11-16/h2-11,17H,12-14H2,1H3,(H,21,24). The molecule has 0 bridgehead atoms. The van der Waals surface area contributed by atoms with Crippen LogP contribution < -0.4 is 5.32 Å². The van der Waals surface area contributed by atoms with E-state index in [1.165, 1.54) is 34.2 Å². The molecule has 1 N–H and O–H groups in total. The van der Waals surface area contributed by atoms with Gasteiger partial charge < -0.3 is 5.32 Å². The Labute approximate surface area is 172 Å². The van der Waals surface area contributed by atoms with Gasteiger partial charge in [-0.05, 0) is 23.8 Å². The molecule has 4 nitrogen and oxygen atoms in total. The molecular weight excluding hydrogens is 394 g/mol. The average Bonchev–Trinajstić information content (AvgIpc) is 3.19. The zero-order chi connectivity index (χ0) is 18.9. The van der Waals surface area contributed by atoms with Gasteiger partial charge in [-0.2, -0.15) is 0 Å². The van der Waals surface area contributed by atoms with Crippen LogP contribution in [0.15, 0.2) is 69.3 Å². The molecule has 0 atom stereocenters. The van der Waals surface area contributed by atoms with Crippen molar-refractivity contribution < 1.29 is 4.79 Å². The Hall–Kier alpha value is -1.83. The molecule has 7 heteroatoms. The van der Waals surface area contributed by atoms with Gasteiger partial charge in [0.25, 0.3) is 0 Å². The number of amides is 1. The molecule has 1 aromatic heterocycles. The second-order valence-electron chi connectivity index (χ2n) is 5.84. The number of hydrogen-bond donors (Lipinski definition) is 1. The first-order chi connectivity index (χ1) is 13.3. The van der Waals surface area contributed by atoms with Crippen molar-refractivity contribution >= 4 is 40.8 Å². The summed E-state index contributed by atoms with van der Waals surface area (Å²) in [5.41, 5.74) is 2.54. The van der Waals surface area contributed by atoms with E-state index in [-0.39, 0.29) is 11.8 Å². The third kappa shape index (κ3) is 6.09. The molecule has 0 spiro atoms. The van der Waals surface area contributed by atoms with E-state index in [0.29, 0.717) is 12.3 Å². The van der Waals surface area contributed by atoms with Crippen molar-refractivity contribution in [1.29, 1.82) is 0 Å². The van der Waals surface area contributed by atoms with Crippen molar-refractivity contribution in [2.24, 2.45) is 0 Å². The predicted molar refractivity (Wildman–Crippen MR) is 115 cm³/mol. The smallest absolute Gasteiger partial charge is 0.230 e. The lowest BCUT2D eigenvalue weighted by atomic mass is 9.88. The summed E-state index contributed by atoms with van der Waals surface area (Å²) in [4.78, 5) is 12.2. The lowest BCUT2D eigenvalue weighted by Gasteiger charge is -2.18. The number of carbonyl (C=O) groups is 1. The second-order valence-corrected chi connectivity index (χ2v) is 9.09. The third-order valence-electron chi connectivity index (χ3n) is 4.05. The van der Waals surface area contributed by atoms with Crippen molar-refractivity contribution in [2.75, 3.05) is 18.6 Å². The Morgan fingerprint density at radius 2 is 1.59 bits per heavy atom. The number of benzene rings is 2. The highest BCUT2D eigenvalue weighted by Gasteiger charge is 2.14. The fourth-order valence-electron chi connectivity index (χ4n) is 2.77. The van der Waals surface area contributed by atoms with Gasteiger partial charge in [-0.1, -0.05) is 95.5 Å². The maximum Gasteiger partial charge on any atom is 0.230 e. The van der Waals surface area contributed by atoms with Gasteiger partial charge in [0.2, 0.25) is 5.91 Å². The van der Waals surface area contributed by atoms with Crippen LogP contribution in [-0.2, 0) is 4.79 Å². The summed E-state index contributed by atoms with van der Waals surface area (Å²) in [7, 11) is 0. The highest BCUT2D eigenvalue weighted by molar-refractivity contribution is 8.03. The first-order valence-electron chi connectivity index (χ1n) is 8.63. The predicted octanol–water partition coefficient (Wildman–Crippen LogP) is 4.69. The van der Waals surface area contributed by atoms with Crippen LogP contribution in [0.2, 0.25) is 0 Å². The van der Waals surface area contributed by atoms with Gasteiger partial charge in [0, 0.05) is 12.5 Å². The molecule has 0 fully saturated rings. The molecule has 0 radical (unpaired) electrons. The summed E-state index contributed by atoms with van der Waals surface area (Å²) in [6, 6.07) is 20.9. The van der Waals surface area contributed by atoms with Crippen LogP contribution in [0.1, 0.15) is 23.5 Å². The van der Waals surface area contributed by atoms with Crippen LogP contribution in [0.5, 0.6) is 0 Å². The number of hydrogen-bond acceptors (Lipinski definition) is 6. The fourth-order valence-corrected chi connectivity index (χ4v) is 5.04. The molecule has 0 aliphatic rings. The molecule has 27 heavy (non-hydrogen) atoms. The van der Waals surface area contributed by atoms with Gasteiger partial charge >= 0.3 is 0 Å². The van der Waals surface area contributed by atoms with E-state index in [0.717, 1.165) is 15.1 Å². The summed E-state index contributed by atoms with van der Waals surface area (Å²) in [5.74, 6) is 0.665. The number of nitrogens with zero attached hydrogens (tertiary/aromatic N) is 2. The molecule has 0 saturated heterocycles. The van der Waals surface area contributed by atoms with Crippen molar-refractivity contribution in [1.82, 2.24) is 15.5 Å². The Bertz CT molecular complexity index is 800. The summed E-state index contributed by atoms with van der Waals surface area (Å²) in [5, 5.41) is 11.2. The average molecular weight is 416 g/mol. The van der Waals surface area contributed by atoms with Crippen molar-refractivity contribution in [3.05, 3.63) is 71.8 Å². The van der Waals surface area contributed by atoms with E-state index >= 15 is 0 Å². The number of rotatable bonds is 9. The molecule has 0 saturated carbocycles. The van der Waals surface area contributed by atoms with Crippen molar-refractivity contribution in [3.63, 3.8) is 0 Å². The van der Waals surface area contributed by atoms with Gasteiger partial charge in [0.05, 0.1) is 5.75 Å². The monoisotopic (exact) mass is 415 g/mol. The number of nitrogens with one attached hydrogen (secondary N) is 1. The zero-order valence-electron chi connectivity index (χ0n) is 15.0. The lowest BCUT2D eigenvalue weighted by molar-refractivity contribution is -0.118. The number of thioether (sulfide) groups is 2. The topological polar surface area (TPSA) is 54.9 Å². The van der Waals surface area contributed by atoms with Crippen molar-refractivity contribution in [2.45, 2.75) is 21.0 Å². The quantitative estimate of drug-likeness (QED) is 0.514. The number of carbonyl (C=O) groups excluding carboxylic acids is 1. The van der Waals surface area contributed by atoms with Crippen LogP contribution in [0.4, 0.5) is 0 Å². The molecule has 0 aliphatic heterocycles. The SMILES string of the molecule is CSc1nnc(SCC(=O)NCCC(c2ccccc2)c2ccccc2)s1. The molecule has 1 heterocycles. The van der Waals surface area contributed by atoms with Crippen molar-refractivity contribution in [3.8, 4) is 0 Å². The van der Waals surface area contributed by atoms with E-state index in [4.69, 9.17) is 0 Å². The van der Waals surface area contributed by atoms with Gasteiger partial charge in [-0.3, -0.25) is 4.79 Å². The van der Waals surface area contributed by atoms with Crippen LogP contribution >= 0.6 is 34.9 Å². The van der Waals surface area contributed by atoms with Crippen LogP contribution in [0.3, 0.4) is 0 Å². The Balaban J connectivity index is 1.52. The van der Waals surface area contributed by atoms with Crippen LogP contribution in [-0.4, -0.2) is 34.7 Å². The zero-order valence-corrected chi connectivity index (χ0v) is 17.4. The Kier molecular flexibility index (Phi) is 7.74. The van der Waals surface area contributed by atoms with E-state index in [1.807, 2.05) is 18.4 Å². The Morgan fingerprint density at radius 1 is 1.00 bits per heavy atom. The first kappa shape index (κ1) is 19.9. The largest absolute Gasteiger partial charge is 0.355 e. The summed E-state index contributed by atoms with van der Waals surface area (Å²) in [6.45, 7) is 0.639. The normalized spacial score (nSPS) is 10.9. The minimum absolute atomic E-state index is 0.0285. The minimum atomic E-state index is 0.0285. The van der Waals surface area contributed by atoms with E-state index in [9.17, 15) is 4.79 Å². The second kappa shape index (κ2) is 10.5. The minimum Gasteiger partial charge on any atom is -0.355 e. The molecule has 3 aromatic rings. The summed E-state index contributed by atoms with van der Waals surface area (Å²) < 4.78 is 1.76. The molecule has 1 amide bonds. The molecular formula is C20H21N3OS3. The highest BCUT2D eigenvalue weighted by atomic mass is 32.2. The van der Waals surface area contributed by atoms with Crippen LogP contribution in [0, 0.1) is 0 Å². The molecule has 0 aliphatic carbocycles. The lowest BCUT2D eigenvalue weighted by Crippen LogP contribution is -2.27. The van der Waals surface area contributed by atoms with Gasteiger partial charge in [0.1, 0.15) is 0 Å². The summed E-state index contributed by atoms with van der Waals surface area (Å²) >= 11 is 4.53. The fraction of sp³-hybridized carbons (Fsp3) is 0.250. The van der Waals surface area contributed by atoms with E-state index < -0.39 is 0 Å². The van der Waals surface area contributed by atoms with Crippen LogP contribution in [0.25, 0.3) is 0 Å². The molecule has 140 valence electrons. The van der Waals surface area contributed by atoms with Gasteiger partial charge in [-0.25, -0.2) is 0 Å². The highest BCUT2D eigenvalue weighted by Crippen LogP contribution is 2.28. The van der Waals surface area contributed by atoms with Gasteiger partial charge in [0.15, 0.2) is 8.68 Å². The summed E-state index contributed by atoms with van der Waals surface area (Å²) in [6.07, 6.45) is 2.83. The molecule has 2 aromatic carbocycles. The third-order valence-corrected chi connectivity index (χ3v) is 7.08. The van der Waals surface area contributed by atoms with E-state index in [1.54, 1.807) is 11.8 Å².